The van der Waals surface area contributed by atoms with Gasteiger partial charge in [-0.1, -0.05) is 11.1 Å². The van der Waals surface area contributed by atoms with E-state index in [1.807, 2.05) is 0 Å². The van der Waals surface area contributed by atoms with Gasteiger partial charge in [0.25, 0.3) is 0 Å². The first-order chi connectivity index (χ1) is 3.91. The van der Waals surface area contributed by atoms with E-state index in [0.717, 1.165) is 0 Å². The molecule has 0 saturated carbocycles. The van der Waals surface area contributed by atoms with E-state index in [2.05, 4.69) is 44.9 Å². The number of rotatable bonds is 5. The van der Waals surface area contributed by atoms with Gasteiger partial charge in [0, 0.05) is 0 Å². The second kappa shape index (κ2) is 6.68. The summed E-state index contributed by atoms with van der Waals surface area (Å²) < 4.78 is 0. The lowest BCUT2D eigenvalue weighted by atomic mass is 12.1. The van der Waals surface area contributed by atoms with Crippen molar-refractivity contribution in [3.8, 4) is 0 Å². The summed E-state index contributed by atoms with van der Waals surface area (Å²) in [6.45, 7) is 0. The zero-order chi connectivity index (χ0) is 6.24. The minimum atomic E-state index is 2.36. The standard InChI is InChI=1S/H10N8/c1-3-5-7-8-6-4-2/h3-8H,1-2H2/p+2. The van der Waals surface area contributed by atoms with Crippen molar-refractivity contribution < 1.29 is 11.7 Å². The molecule has 0 aliphatic rings. The lowest BCUT2D eigenvalue weighted by Gasteiger charge is -2.02. The fraction of sp³-hybridized carbons (Fsp3) is 0. The summed E-state index contributed by atoms with van der Waals surface area (Å²) in [7, 11) is 0. The van der Waals surface area contributed by atoms with Crippen LogP contribution in [0.2, 0.25) is 0 Å². The maximum Gasteiger partial charge on any atom is -0.0893 e. The van der Waals surface area contributed by atoms with Crippen molar-refractivity contribution in [2.24, 2.45) is 0 Å². The Labute approximate surface area is 46.1 Å². The number of hydrogen-bond acceptors (Lipinski definition) is 6. The first-order valence-electron chi connectivity index (χ1n) is 1.96. The van der Waals surface area contributed by atoms with E-state index in [0.29, 0.717) is 0 Å². The van der Waals surface area contributed by atoms with Gasteiger partial charge in [-0.25, -0.2) is 0 Å². The van der Waals surface area contributed by atoms with Crippen LogP contribution in [-0.2, 0) is 0 Å². The molecule has 8 heavy (non-hydrogen) atoms. The summed E-state index contributed by atoms with van der Waals surface area (Å²) in [5, 5.41) is 0. The molecule has 0 aliphatic carbocycles. The topological polar surface area (TPSA) is 127 Å². The normalized spacial score (nSPS) is 9.75. The molecule has 0 unspecified atom stereocenters. The maximum absolute atomic E-state index is 3.26. The van der Waals surface area contributed by atoms with Crippen LogP contribution in [0, 0.1) is 0 Å². The van der Waals surface area contributed by atoms with Crippen molar-refractivity contribution in [2.45, 2.75) is 0 Å². The SMILES string of the molecule is [NH3+]NNNNNN[NH3+]. The largest absolute Gasteiger partial charge is 0.265 e. The molecule has 0 heterocycles. The van der Waals surface area contributed by atoms with Crippen LogP contribution in [-0.4, -0.2) is 0 Å². The molecule has 0 bridgehead atoms. The van der Waals surface area contributed by atoms with Crippen molar-refractivity contribution in [3.05, 3.63) is 0 Å². The van der Waals surface area contributed by atoms with Crippen molar-refractivity contribution in [3.63, 3.8) is 0 Å². The number of quaternary nitrogens is 2. The Balaban J connectivity index is 2.53. The van der Waals surface area contributed by atoms with Gasteiger partial charge < -0.3 is 0 Å². The predicted octanol–water partition coefficient (Wildman–Crippen LogP) is -5.59. The molecule has 50 valence electrons. The summed E-state index contributed by atoms with van der Waals surface area (Å²) in [6.07, 6.45) is 0. The van der Waals surface area contributed by atoms with Crippen LogP contribution in [0.1, 0.15) is 0 Å². The third-order valence-corrected chi connectivity index (χ3v) is 0.364. The van der Waals surface area contributed by atoms with Gasteiger partial charge >= 0.3 is 0 Å². The van der Waals surface area contributed by atoms with E-state index in [9.17, 15) is 0 Å². The molecule has 0 aliphatic heterocycles. The van der Waals surface area contributed by atoms with Crippen LogP contribution < -0.4 is 44.9 Å². The Hall–Kier alpha value is -0.320. The average Bonchev–Trinajstić information content (AvgIpc) is 1.81. The lowest BCUT2D eigenvalue weighted by molar-refractivity contribution is -0.466. The minimum absolute atomic E-state index is 2.36. The molecule has 0 spiro atoms. The quantitative estimate of drug-likeness (QED) is 0.136. The molecule has 0 amide bonds. The Morgan fingerprint density at radius 1 is 0.625 bits per heavy atom. The fourth-order valence-corrected chi connectivity index (χ4v) is 0.151. The van der Waals surface area contributed by atoms with E-state index < -0.39 is 0 Å². The Morgan fingerprint density at radius 3 is 1.25 bits per heavy atom. The van der Waals surface area contributed by atoms with Gasteiger partial charge in [-0.05, 0) is 0 Å². The van der Waals surface area contributed by atoms with Gasteiger partial charge in [-0.15, -0.1) is 11.1 Å². The van der Waals surface area contributed by atoms with Crippen molar-refractivity contribution in [2.75, 3.05) is 0 Å². The van der Waals surface area contributed by atoms with E-state index in [1.54, 1.807) is 0 Å². The van der Waals surface area contributed by atoms with E-state index in [1.165, 1.54) is 0 Å². The maximum atomic E-state index is 3.26. The highest BCUT2D eigenvalue weighted by atomic mass is 15.9. The van der Waals surface area contributed by atoms with Gasteiger partial charge in [-0.3, -0.25) is 11.7 Å². The van der Waals surface area contributed by atoms with E-state index in [4.69, 9.17) is 0 Å². The van der Waals surface area contributed by atoms with Gasteiger partial charge in [0.2, 0.25) is 0 Å². The monoisotopic (exact) mass is 124 g/mol. The highest BCUT2D eigenvalue weighted by Crippen LogP contribution is 1.14. The average molecular weight is 124 g/mol. The summed E-state index contributed by atoms with van der Waals surface area (Å²) in [6, 6.07) is 0. The molecule has 0 atom stereocenters. The fourth-order valence-electron chi connectivity index (χ4n) is 0.151. The Kier molecular flexibility index (Phi) is 6.41. The van der Waals surface area contributed by atoms with Gasteiger partial charge in [0.05, 0.1) is 0 Å². The Morgan fingerprint density at radius 2 is 1.00 bits per heavy atom. The van der Waals surface area contributed by atoms with Crippen LogP contribution in [0.4, 0.5) is 0 Å². The van der Waals surface area contributed by atoms with Crippen LogP contribution in [0.15, 0.2) is 0 Å². The molecular weight excluding hydrogens is 112 g/mol. The molecular formula is H12N8+2. The van der Waals surface area contributed by atoms with Gasteiger partial charge in [0.15, 0.2) is 0 Å². The lowest BCUT2D eigenvalue weighted by Crippen LogP contribution is -2.78. The van der Waals surface area contributed by atoms with Gasteiger partial charge in [0.1, 0.15) is 0 Å². The summed E-state index contributed by atoms with van der Waals surface area (Å²) >= 11 is 0. The molecule has 8 heteroatoms. The van der Waals surface area contributed by atoms with Crippen LogP contribution in [0.25, 0.3) is 0 Å². The summed E-state index contributed by atoms with van der Waals surface area (Å²) in [5.74, 6) is 6.51. The van der Waals surface area contributed by atoms with Crippen LogP contribution >= 0.6 is 0 Å². The summed E-state index contributed by atoms with van der Waals surface area (Å²) in [5.41, 5.74) is 14.5. The zero-order valence-electron chi connectivity index (χ0n) is 4.41. The smallest absolute Gasteiger partial charge is 0.0893 e. The molecule has 0 aromatic heterocycles. The first-order valence-corrected chi connectivity index (χ1v) is 1.96. The van der Waals surface area contributed by atoms with E-state index in [-0.39, 0.29) is 0 Å². The predicted molar refractivity (Wildman–Crippen MR) is 24.6 cm³/mol. The molecule has 0 radical (unpaired) electrons. The highest BCUT2D eigenvalue weighted by Gasteiger charge is 1.74. The Bertz CT molecular complexity index is 25.0. The van der Waals surface area contributed by atoms with E-state index >= 15 is 0 Å². The van der Waals surface area contributed by atoms with Crippen molar-refractivity contribution >= 4 is 0 Å². The molecule has 0 fully saturated rings. The third-order valence-electron chi connectivity index (χ3n) is 0.364. The second-order valence-corrected chi connectivity index (χ2v) is 0.854. The van der Waals surface area contributed by atoms with Crippen molar-refractivity contribution in [1.82, 2.24) is 33.2 Å². The minimum Gasteiger partial charge on any atom is -0.265 e. The number of nitrogens with one attached hydrogen (secondary N) is 6. The molecule has 0 aromatic rings. The first kappa shape index (κ1) is 7.68. The molecule has 12 N–H and O–H groups in total. The van der Waals surface area contributed by atoms with Crippen molar-refractivity contribution in [1.29, 1.82) is 0 Å². The molecule has 8 nitrogen and oxygen atoms in total. The second-order valence-electron chi connectivity index (χ2n) is 0.854. The van der Waals surface area contributed by atoms with Crippen LogP contribution in [0.5, 0.6) is 0 Å². The third kappa shape index (κ3) is 5.68. The van der Waals surface area contributed by atoms with Crippen LogP contribution in [0.3, 0.4) is 0 Å². The highest BCUT2D eigenvalue weighted by molar-refractivity contribution is 4.01. The van der Waals surface area contributed by atoms with Gasteiger partial charge in [-0.2, -0.15) is 11.1 Å². The summed E-state index contributed by atoms with van der Waals surface area (Å²) in [4.78, 5) is 0. The number of hydrazine groups is 5. The molecule has 0 saturated heterocycles. The molecule has 0 aromatic carbocycles. The zero-order valence-corrected chi connectivity index (χ0v) is 4.41. The molecule has 0 rings (SSSR count). The number of hydrogen-bond donors (Lipinski definition) is 8.